The molecule has 0 bridgehead atoms. The van der Waals surface area contributed by atoms with Gasteiger partial charge in [0, 0.05) is 18.9 Å². The SMILES string of the molecule is Cc1cccc(N2C(=O)S/C(=C/c3cccn3C)C2=O)c1C. The van der Waals surface area contributed by atoms with Crippen LogP contribution in [0.2, 0.25) is 0 Å². The van der Waals surface area contributed by atoms with E-state index in [9.17, 15) is 9.59 Å². The van der Waals surface area contributed by atoms with E-state index < -0.39 is 0 Å². The predicted octanol–water partition coefficient (Wildman–Crippen LogP) is 3.88. The first kappa shape index (κ1) is 14.7. The lowest BCUT2D eigenvalue weighted by Gasteiger charge is -2.16. The van der Waals surface area contributed by atoms with Crippen LogP contribution in [-0.2, 0) is 11.8 Å². The van der Waals surface area contributed by atoms with Crippen molar-refractivity contribution in [2.75, 3.05) is 4.90 Å². The summed E-state index contributed by atoms with van der Waals surface area (Å²) in [5.74, 6) is -0.259. The molecule has 5 heteroatoms. The molecule has 0 N–H and O–H groups in total. The quantitative estimate of drug-likeness (QED) is 0.790. The molecule has 22 heavy (non-hydrogen) atoms. The first-order valence-electron chi connectivity index (χ1n) is 6.94. The number of carbonyl (C=O) groups is 2. The maximum Gasteiger partial charge on any atom is 0.298 e. The Balaban J connectivity index is 2.01. The van der Waals surface area contributed by atoms with Crippen molar-refractivity contribution in [3.05, 3.63) is 58.3 Å². The van der Waals surface area contributed by atoms with Crippen LogP contribution in [0.1, 0.15) is 16.8 Å². The number of anilines is 1. The van der Waals surface area contributed by atoms with Crippen molar-refractivity contribution in [3.63, 3.8) is 0 Å². The van der Waals surface area contributed by atoms with E-state index in [1.165, 1.54) is 4.90 Å². The second-order valence-electron chi connectivity index (χ2n) is 5.28. The van der Waals surface area contributed by atoms with Crippen LogP contribution in [0.5, 0.6) is 0 Å². The zero-order chi connectivity index (χ0) is 15.9. The molecular weight excluding hydrogens is 296 g/mol. The van der Waals surface area contributed by atoms with Crippen LogP contribution in [0.15, 0.2) is 41.4 Å². The van der Waals surface area contributed by atoms with E-state index in [1.54, 1.807) is 6.08 Å². The molecule has 3 rings (SSSR count). The summed E-state index contributed by atoms with van der Waals surface area (Å²) in [5, 5.41) is -0.251. The van der Waals surface area contributed by atoms with Crippen LogP contribution in [-0.4, -0.2) is 15.7 Å². The van der Waals surface area contributed by atoms with E-state index in [-0.39, 0.29) is 11.1 Å². The lowest BCUT2D eigenvalue weighted by molar-refractivity contribution is -0.113. The number of hydrogen-bond donors (Lipinski definition) is 0. The number of imide groups is 1. The van der Waals surface area contributed by atoms with Gasteiger partial charge in [-0.1, -0.05) is 12.1 Å². The molecule has 4 nitrogen and oxygen atoms in total. The summed E-state index contributed by atoms with van der Waals surface area (Å²) in [5.41, 5.74) is 3.57. The smallest absolute Gasteiger partial charge is 0.298 e. The Labute approximate surface area is 133 Å². The summed E-state index contributed by atoms with van der Waals surface area (Å²) in [6, 6.07) is 9.45. The molecule has 1 aliphatic heterocycles. The minimum Gasteiger partial charge on any atom is -0.351 e. The average molecular weight is 312 g/mol. The Kier molecular flexibility index (Phi) is 3.66. The second-order valence-corrected chi connectivity index (χ2v) is 6.27. The molecule has 0 saturated carbocycles. The Bertz CT molecular complexity index is 805. The van der Waals surface area contributed by atoms with E-state index in [0.717, 1.165) is 28.6 Å². The fourth-order valence-corrected chi connectivity index (χ4v) is 3.23. The molecule has 0 unspecified atom stereocenters. The van der Waals surface area contributed by atoms with Gasteiger partial charge < -0.3 is 4.57 Å². The number of aryl methyl sites for hydroxylation is 2. The van der Waals surface area contributed by atoms with Crippen molar-refractivity contribution >= 4 is 34.7 Å². The molecule has 112 valence electrons. The molecule has 1 aliphatic rings. The van der Waals surface area contributed by atoms with Gasteiger partial charge in [0.1, 0.15) is 0 Å². The third kappa shape index (κ3) is 2.37. The van der Waals surface area contributed by atoms with Crippen molar-refractivity contribution in [3.8, 4) is 0 Å². The molecular formula is C17H16N2O2S. The van der Waals surface area contributed by atoms with Gasteiger partial charge in [0.2, 0.25) is 0 Å². The van der Waals surface area contributed by atoms with Crippen LogP contribution < -0.4 is 4.90 Å². The van der Waals surface area contributed by atoms with Gasteiger partial charge in [-0.05, 0) is 61.0 Å². The molecule has 0 spiro atoms. The fourth-order valence-electron chi connectivity index (χ4n) is 2.41. The number of benzene rings is 1. The fraction of sp³-hybridized carbons (Fsp3) is 0.176. The van der Waals surface area contributed by atoms with Crippen LogP contribution in [0, 0.1) is 13.8 Å². The van der Waals surface area contributed by atoms with Crippen LogP contribution >= 0.6 is 11.8 Å². The minimum absolute atomic E-state index is 0.251. The Morgan fingerprint density at radius 3 is 2.55 bits per heavy atom. The van der Waals surface area contributed by atoms with Crippen molar-refractivity contribution in [1.82, 2.24) is 4.57 Å². The molecule has 1 aromatic carbocycles. The lowest BCUT2D eigenvalue weighted by Crippen LogP contribution is -2.28. The van der Waals surface area contributed by atoms with Gasteiger partial charge in [-0.15, -0.1) is 0 Å². The third-order valence-electron chi connectivity index (χ3n) is 3.87. The first-order valence-corrected chi connectivity index (χ1v) is 7.76. The normalized spacial score (nSPS) is 16.9. The molecule has 1 saturated heterocycles. The van der Waals surface area contributed by atoms with Gasteiger partial charge in [0.15, 0.2) is 0 Å². The molecule has 2 heterocycles. The second kappa shape index (κ2) is 5.50. The van der Waals surface area contributed by atoms with Crippen LogP contribution in [0.25, 0.3) is 6.08 Å². The highest BCUT2D eigenvalue weighted by Gasteiger charge is 2.37. The highest BCUT2D eigenvalue weighted by Crippen LogP contribution is 2.37. The first-order chi connectivity index (χ1) is 10.5. The monoisotopic (exact) mass is 312 g/mol. The van der Waals surface area contributed by atoms with Gasteiger partial charge in [-0.25, -0.2) is 4.90 Å². The van der Waals surface area contributed by atoms with Gasteiger partial charge in [-0.3, -0.25) is 9.59 Å². The summed E-state index contributed by atoms with van der Waals surface area (Å²) < 4.78 is 1.91. The van der Waals surface area contributed by atoms with Gasteiger partial charge >= 0.3 is 0 Å². The highest BCUT2D eigenvalue weighted by atomic mass is 32.2. The van der Waals surface area contributed by atoms with E-state index in [1.807, 2.05) is 62.0 Å². The van der Waals surface area contributed by atoms with Crippen LogP contribution in [0.4, 0.5) is 10.5 Å². The van der Waals surface area contributed by atoms with Gasteiger partial charge in [0.25, 0.3) is 11.1 Å². The van der Waals surface area contributed by atoms with Crippen molar-refractivity contribution in [2.45, 2.75) is 13.8 Å². The standard InChI is InChI=1S/C17H16N2O2S/c1-11-6-4-8-14(12(11)2)19-16(20)15(22-17(19)21)10-13-7-5-9-18(13)3/h4-10H,1-3H3/b15-10+. The van der Waals surface area contributed by atoms with E-state index in [4.69, 9.17) is 0 Å². The summed E-state index contributed by atoms with van der Waals surface area (Å²) in [6.45, 7) is 3.90. The van der Waals surface area contributed by atoms with Crippen molar-refractivity contribution < 1.29 is 9.59 Å². The lowest BCUT2D eigenvalue weighted by atomic mass is 10.1. The van der Waals surface area contributed by atoms with E-state index >= 15 is 0 Å². The number of carbonyl (C=O) groups excluding carboxylic acids is 2. The van der Waals surface area contributed by atoms with Crippen molar-refractivity contribution in [2.24, 2.45) is 7.05 Å². The zero-order valence-corrected chi connectivity index (χ0v) is 13.5. The van der Waals surface area contributed by atoms with Gasteiger partial charge in [-0.2, -0.15) is 0 Å². The maximum absolute atomic E-state index is 12.6. The number of aromatic nitrogens is 1. The Morgan fingerprint density at radius 1 is 1.09 bits per heavy atom. The largest absolute Gasteiger partial charge is 0.351 e. The topological polar surface area (TPSA) is 42.3 Å². The zero-order valence-electron chi connectivity index (χ0n) is 12.7. The molecule has 2 amide bonds. The molecule has 1 fully saturated rings. The minimum atomic E-state index is -0.259. The van der Waals surface area contributed by atoms with E-state index in [2.05, 4.69) is 0 Å². The molecule has 1 aromatic heterocycles. The maximum atomic E-state index is 12.6. The van der Waals surface area contributed by atoms with E-state index in [0.29, 0.717) is 10.6 Å². The summed E-state index contributed by atoms with van der Waals surface area (Å²) in [6.07, 6.45) is 3.66. The molecule has 0 radical (unpaired) electrons. The highest BCUT2D eigenvalue weighted by molar-refractivity contribution is 8.19. The number of nitrogens with zero attached hydrogens (tertiary/aromatic N) is 2. The third-order valence-corrected chi connectivity index (χ3v) is 4.74. The Morgan fingerprint density at radius 2 is 1.86 bits per heavy atom. The number of rotatable bonds is 2. The van der Waals surface area contributed by atoms with Crippen LogP contribution in [0.3, 0.4) is 0 Å². The number of hydrogen-bond acceptors (Lipinski definition) is 3. The summed E-state index contributed by atoms with van der Waals surface area (Å²) >= 11 is 0.983. The number of thioether (sulfide) groups is 1. The van der Waals surface area contributed by atoms with Crippen molar-refractivity contribution in [1.29, 1.82) is 0 Å². The average Bonchev–Trinajstić information content (AvgIpc) is 2.99. The predicted molar refractivity (Wildman–Crippen MR) is 89.8 cm³/mol. The van der Waals surface area contributed by atoms with Gasteiger partial charge in [0.05, 0.1) is 10.6 Å². The number of amides is 2. The Hall–Kier alpha value is -2.27. The molecule has 0 aliphatic carbocycles. The molecule has 0 atom stereocenters. The summed E-state index contributed by atoms with van der Waals surface area (Å²) in [4.78, 5) is 26.6. The molecule has 2 aromatic rings. The summed E-state index contributed by atoms with van der Waals surface area (Å²) in [7, 11) is 1.90.